The van der Waals surface area contributed by atoms with E-state index in [-0.39, 0.29) is 10.8 Å². The second-order valence-electron chi connectivity index (χ2n) is 5.89. The summed E-state index contributed by atoms with van der Waals surface area (Å²) in [7, 11) is -3.30. The first-order valence-corrected chi connectivity index (χ1v) is 9.07. The number of sulfone groups is 1. The smallest absolute Gasteiger partial charge is 0.263 e. The van der Waals surface area contributed by atoms with Crippen molar-refractivity contribution in [3.05, 3.63) is 29.8 Å². The fourth-order valence-electron chi connectivity index (χ4n) is 2.38. The van der Waals surface area contributed by atoms with Gasteiger partial charge in [0.2, 0.25) is 0 Å². The zero-order valence-electron chi connectivity index (χ0n) is 13.0. The van der Waals surface area contributed by atoms with Gasteiger partial charge in [-0.25, -0.2) is 8.42 Å². The lowest BCUT2D eigenvalue weighted by Crippen LogP contribution is -2.52. The van der Waals surface area contributed by atoms with Gasteiger partial charge in [-0.05, 0) is 24.0 Å². The van der Waals surface area contributed by atoms with Crippen molar-refractivity contribution < 1.29 is 13.2 Å². The van der Waals surface area contributed by atoms with Crippen molar-refractivity contribution in [1.29, 1.82) is 0 Å². The Morgan fingerprint density at radius 1 is 1.23 bits per heavy atom. The van der Waals surface area contributed by atoms with Crippen LogP contribution in [0.3, 0.4) is 0 Å². The van der Waals surface area contributed by atoms with Crippen LogP contribution >= 0.6 is 0 Å². The number of carbonyl (C=O) groups is 1. The van der Waals surface area contributed by atoms with Crippen LogP contribution in [0.15, 0.2) is 34.2 Å². The summed E-state index contributed by atoms with van der Waals surface area (Å²) in [4.78, 5) is 16.5. The van der Waals surface area contributed by atoms with Gasteiger partial charge in [-0.15, -0.1) is 0 Å². The van der Waals surface area contributed by atoms with Gasteiger partial charge in [-0.3, -0.25) is 20.6 Å². The molecule has 1 heterocycles. The Hall–Kier alpha value is -1.89. The van der Waals surface area contributed by atoms with Gasteiger partial charge in [0.1, 0.15) is 11.9 Å². The highest BCUT2D eigenvalue weighted by Gasteiger charge is 2.24. The maximum Gasteiger partial charge on any atom is 0.263 e. The quantitative estimate of drug-likeness (QED) is 0.849. The minimum atomic E-state index is -3.30. The van der Waals surface area contributed by atoms with Crippen molar-refractivity contribution in [2.24, 2.45) is 10.9 Å². The van der Waals surface area contributed by atoms with E-state index in [1.54, 1.807) is 24.3 Å². The number of aliphatic imine (C=N–C) groups is 1. The predicted octanol–water partition coefficient (Wildman–Crippen LogP) is 1.08. The molecule has 2 rings (SSSR count). The Morgan fingerprint density at radius 3 is 2.55 bits per heavy atom. The summed E-state index contributed by atoms with van der Waals surface area (Å²) in [5.41, 5.74) is 6.01. The van der Waals surface area contributed by atoms with Crippen molar-refractivity contribution in [3.63, 3.8) is 0 Å². The first-order chi connectivity index (χ1) is 10.3. The molecule has 0 fully saturated rings. The predicted molar refractivity (Wildman–Crippen MR) is 85.2 cm³/mol. The molecular weight excluding hydrogens is 302 g/mol. The van der Waals surface area contributed by atoms with E-state index in [0.717, 1.165) is 0 Å². The summed E-state index contributed by atoms with van der Waals surface area (Å²) >= 11 is 0. The maximum absolute atomic E-state index is 11.8. The van der Waals surface area contributed by atoms with E-state index in [1.807, 2.05) is 13.8 Å². The third-order valence-corrected chi connectivity index (χ3v) is 4.57. The second kappa shape index (κ2) is 6.48. The molecule has 0 saturated carbocycles. The molecule has 1 aromatic carbocycles. The van der Waals surface area contributed by atoms with Crippen molar-refractivity contribution >= 4 is 21.6 Å². The molecule has 1 aliphatic heterocycles. The van der Waals surface area contributed by atoms with Crippen LogP contribution in [0.2, 0.25) is 0 Å². The summed E-state index contributed by atoms with van der Waals surface area (Å²) < 4.78 is 23.7. The summed E-state index contributed by atoms with van der Waals surface area (Å²) in [5, 5.41) is 0. The van der Waals surface area contributed by atoms with Crippen LogP contribution in [-0.4, -0.2) is 32.5 Å². The highest BCUT2D eigenvalue weighted by molar-refractivity contribution is 7.90. The Morgan fingerprint density at radius 2 is 1.91 bits per heavy atom. The number of amidine groups is 1. The van der Waals surface area contributed by atoms with Gasteiger partial charge < -0.3 is 0 Å². The number of hydrogen-bond donors (Lipinski definition) is 2. The number of nitrogens with zero attached hydrogens (tertiary/aromatic N) is 1. The van der Waals surface area contributed by atoms with E-state index >= 15 is 0 Å². The van der Waals surface area contributed by atoms with E-state index in [4.69, 9.17) is 0 Å². The molecule has 1 aromatic rings. The molecule has 1 atom stereocenters. The number of rotatable bonds is 5. The molecule has 0 spiro atoms. The van der Waals surface area contributed by atoms with E-state index < -0.39 is 15.9 Å². The molecule has 22 heavy (non-hydrogen) atoms. The number of benzene rings is 1. The monoisotopic (exact) mass is 323 g/mol. The van der Waals surface area contributed by atoms with Gasteiger partial charge in [0, 0.05) is 12.7 Å². The van der Waals surface area contributed by atoms with Crippen LogP contribution in [0.25, 0.3) is 0 Å². The van der Waals surface area contributed by atoms with Crippen molar-refractivity contribution in [2.45, 2.75) is 37.6 Å². The van der Waals surface area contributed by atoms with E-state index in [1.165, 1.54) is 6.26 Å². The van der Waals surface area contributed by atoms with Crippen LogP contribution in [-0.2, 0) is 21.1 Å². The molecule has 1 unspecified atom stereocenters. The normalized spacial score (nSPS) is 18.6. The standard InChI is InChI=1S/C15H21N3O3S/c1-10(2)8-12-15(19)18-17-14(16-12)9-11-6-4-5-7-13(11)22(3,20)21/h4-7,10,12H,8-9H2,1-3H3,(H,16,17)(H,18,19). The fraction of sp³-hybridized carbons (Fsp3) is 0.467. The molecule has 0 bridgehead atoms. The summed E-state index contributed by atoms with van der Waals surface area (Å²) in [6, 6.07) is 6.39. The second-order valence-corrected chi connectivity index (χ2v) is 7.88. The van der Waals surface area contributed by atoms with E-state index in [0.29, 0.717) is 30.2 Å². The Bertz CT molecular complexity index is 696. The van der Waals surface area contributed by atoms with Crippen LogP contribution in [0.4, 0.5) is 0 Å². The lowest BCUT2D eigenvalue weighted by Gasteiger charge is -2.23. The zero-order valence-corrected chi connectivity index (χ0v) is 13.8. The zero-order chi connectivity index (χ0) is 16.3. The van der Waals surface area contributed by atoms with Gasteiger partial charge >= 0.3 is 0 Å². The minimum Gasteiger partial charge on any atom is -0.285 e. The third kappa shape index (κ3) is 4.07. The molecule has 1 amide bonds. The lowest BCUT2D eigenvalue weighted by atomic mass is 10.0. The third-order valence-electron chi connectivity index (χ3n) is 3.37. The number of amides is 1. The van der Waals surface area contributed by atoms with E-state index in [2.05, 4.69) is 15.8 Å². The van der Waals surface area contributed by atoms with Crippen molar-refractivity contribution in [3.8, 4) is 0 Å². The topological polar surface area (TPSA) is 87.6 Å². The number of hydrazine groups is 1. The Balaban J connectivity index is 2.26. The molecule has 0 saturated heterocycles. The van der Waals surface area contributed by atoms with Crippen LogP contribution in [0.1, 0.15) is 25.8 Å². The summed E-state index contributed by atoms with van der Waals surface area (Å²) in [5.74, 6) is 0.761. The van der Waals surface area contributed by atoms with Crippen molar-refractivity contribution in [1.82, 2.24) is 10.9 Å². The molecular formula is C15H21N3O3S. The fourth-order valence-corrected chi connectivity index (χ4v) is 3.33. The van der Waals surface area contributed by atoms with Gasteiger partial charge in [0.05, 0.1) is 4.90 Å². The van der Waals surface area contributed by atoms with Gasteiger partial charge in [0.25, 0.3) is 5.91 Å². The lowest BCUT2D eigenvalue weighted by molar-refractivity contribution is -0.123. The van der Waals surface area contributed by atoms with Crippen LogP contribution in [0.5, 0.6) is 0 Å². The average molecular weight is 323 g/mol. The molecule has 6 nitrogen and oxygen atoms in total. The highest BCUT2D eigenvalue weighted by atomic mass is 32.2. The van der Waals surface area contributed by atoms with Crippen molar-refractivity contribution in [2.75, 3.05) is 6.26 Å². The number of nitrogens with one attached hydrogen (secondary N) is 2. The Labute approximate surface area is 130 Å². The first kappa shape index (κ1) is 16.5. The molecule has 0 aliphatic carbocycles. The largest absolute Gasteiger partial charge is 0.285 e. The van der Waals surface area contributed by atoms with E-state index in [9.17, 15) is 13.2 Å². The van der Waals surface area contributed by atoms with Crippen LogP contribution in [0, 0.1) is 5.92 Å². The minimum absolute atomic E-state index is 0.158. The molecule has 1 aliphatic rings. The SMILES string of the molecule is CC(C)CC1N=C(Cc2ccccc2S(C)(=O)=O)NNC1=O. The molecule has 0 aromatic heterocycles. The van der Waals surface area contributed by atoms with Gasteiger partial charge in [-0.1, -0.05) is 32.0 Å². The average Bonchev–Trinajstić information content (AvgIpc) is 2.41. The first-order valence-electron chi connectivity index (χ1n) is 7.18. The molecule has 0 radical (unpaired) electrons. The number of carbonyl (C=O) groups excluding carboxylic acids is 1. The molecule has 120 valence electrons. The highest BCUT2D eigenvalue weighted by Crippen LogP contribution is 2.17. The maximum atomic E-state index is 11.8. The molecule has 2 N–H and O–H groups in total. The van der Waals surface area contributed by atoms with Crippen LogP contribution < -0.4 is 10.9 Å². The summed E-state index contributed by atoms with van der Waals surface area (Å²) in [6.45, 7) is 4.06. The van der Waals surface area contributed by atoms with Gasteiger partial charge in [0.15, 0.2) is 9.84 Å². The molecule has 7 heteroatoms. The Kier molecular flexibility index (Phi) is 4.85. The number of hydrogen-bond acceptors (Lipinski definition) is 5. The summed E-state index contributed by atoms with van der Waals surface area (Å²) in [6.07, 6.45) is 2.17. The van der Waals surface area contributed by atoms with Gasteiger partial charge in [-0.2, -0.15) is 0 Å².